The zero-order valence-electron chi connectivity index (χ0n) is 9.76. The Balaban J connectivity index is 2.39. The van der Waals surface area contributed by atoms with Crippen LogP contribution in [0.2, 0.25) is 0 Å². The van der Waals surface area contributed by atoms with Gasteiger partial charge in [0, 0.05) is 0 Å². The Morgan fingerprint density at radius 1 is 1.47 bits per heavy atom. The van der Waals surface area contributed by atoms with Crippen molar-refractivity contribution in [1.29, 1.82) is 0 Å². The Bertz CT molecular complexity index is 557. The predicted octanol–water partition coefficient (Wildman–Crippen LogP) is 1.57. The lowest BCUT2D eigenvalue weighted by atomic mass is 10.1. The van der Waals surface area contributed by atoms with Crippen LogP contribution < -0.4 is 0 Å². The van der Waals surface area contributed by atoms with Crippen LogP contribution in [0.4, 0.5) is 0 Å². The van der Waals surface area contributed by atoms with E-state index in [4.69, 9.17) is 6.42 Å². The minimum absolute atomic E-state index is 0.0998. The molecule has 1 atom stereocenters. The number of hydrogen-bond acceptors (Lipinski definition) is 2. The Morgan fingerprint density at radius 2 is 2.18 bits per heavy atom. The monoisotopic (exact) mass is 249 g/mol. The highest BCUT2D eigenvalue weighted by molar-refractivity contribution is 7.88. The van der Waals surface area contributed by atoms with Crippen molar-refractivity contribution in [3.63, 3.8) is 0 Å². The number of fused-ring (bicyclic) bond motifs is 1. The normalized spacial score (nSPS) is 19.0. The van der Waals surface area contributed by atoms with Gasteiger partial charge in [-0.15, -0.1) is 6.42 Å². The molecule has 0 radical (unpaired) electrons. The molecule has 1 aliphatic rings. The molecule has 0 fully saturated rings. The molecule has 1 aromatic carbocycles. The first kappa shape index (κ1) is 12.2. The van der Waals surface area contributed by atoms with Gasteiger partial charge in [0.1, 0.15) is 0 Å². The standard InChI is InChI=1S/C13H15NO2S/c1-3-10-14(17(2,15)16)13-9-8-11-6-4-5-7-12(11)13/h1,4-7,13H,8-10H2,2H3/t13-/m0/s1. The fourth-order valence-electron chi connectivity index (χ4n) is 2.38. The third kappa shape index (κ3) is 2.36. The van der Waals surface area contributed by atoms with Gasteiger partial charge in [-0.2, -0.15) is 4.31 Å². The molecule has 0 aliphatic heterocycles. The summed E-state index contributed by atoms with van der Waals surface area (Å²) in [5, 5.41) is 0. The van der Waals surface area contributed by atoms with Gasteiger partial charge in [0.15, 0.2) is 0 Å². The van der Waals surface area contributed by atoms with E-state index in [1.54, 1.807) is 0 Å². The van der Waals surface area contributed by atoms with E-state index in [-0.39, 0.29) is 12.6 Å². The van der Waals surface area contributed by atoms with E-state index in [1.807, 2.05) is 24.3 Å². The summed E-state index contributed by atoms with van der Waals surface area (Å²) in [6.45, 7) is 0.137. The third-order valence-corrected chi connectivity index (χ3v) is 4.36. The molecule has 17 heavy (non-hydrogen) atoms. The lowest BCUT2D eigenvalue weighted by Gasteiger charge is -2.25. The largest absolute Gasteiger partial charge is 0.212 e. The smallest absolute Gasteiger partial charge is 0.212 e. The average molecular weight is 249 g/mol. The third-order valence-electron chi connectivity index (χ3n) is 3.12. The highest BCUT2D eigenvalue weighted by Gasteiger charge is 2.32. The van der Waals surface area contributed by atoms with Crippen molar-refractivity contribution in [2.24, 2.45) is 0 Å². The Morgan fingerprint density at radius 3 is 2.82 bits per heavy atom. The number of terminal acetylenes is 1. The molecule has 0 unspecified atom stereocenters. The van der Waals surface area contributed by atoms with Gasteiger partial charge in [-0.3, -0.25) is 0 Å². The van der Waals surface area contributed by atoms with E-state index in [0.29, 0.717) is 0 Å². The summed E-state index contributed by atoms with van der Waals surface area (Å²) < 4.78 is 24.9. The van der Waals surface area contributed by atoms with E-state index >= 15 is 0 Å². The van der Waals surface area contributed by atoms with Crippen molar-refractivity contribution < 1.29 is 8.42 Å². The van der Waals surface area contributed by atoms with Gasteiger partial charge in [-0.1, -0.05) is 30.2 Å². The zero-order chi connectivity index (χ0) is 12.5. The van der Waals surface area contributed by atoms with E-state index in [2.05, 4.69) is 5.92 Å². The molecule has 1 aliphatic carbocycles. The van der Waals surface area contributed by atoms with Crippen molar-refractivity contribution in [3.8, 4) is 12.3 Å². The maximum Gasteiger partial charge on any atom is 0.212 e. The Labute approximate surface area is 103 Å². The van der Waals surface area contributed by atoms with Crippen LogP contribution in [0.1, 0.15) is 23.6 Å². The summed E-state index contributed by atoms with van der Waals surface area (Å²) in [4.78, 5) is 0. The van der Waals surface area contributed by atoms with Gasteiger partial charge < -0.3 is 0 Å². The topological polar surface area (TPSA) is 37.4 Å². The summed E-state index contributed by atoms with van der Waals surface area (Å²) in [6, 6.07) is 7.85. The Kier molecular flexibility index (Phi) is 3.23. The van der Waals surface area contributed by atoms with Gasteiger partial charge in [0.2, 0.25) is 10.0 Å². The van der Waals surface area contributed by atoms with Crippen molar-refractivity contribution >= 4 is 10.0 Å². The van der Waals surface area contributed by atoms with Gasteiger partial charge in [0.05, 0.1) is 18.8 Å². The number of hydrogen-bond donors (Lipinski definition) is 0. The SMILES string of the molecule is C#CCN([C@H]1CCc2ccccc21)S(C)(=O)=O. The van der Waals surface area contributed by atoms with Crippen LogP contribution in [-0.2, 0) is 16.4 Å². The number of nitrogens with zero attached hydrogens (tertiary/aromatic N) is 1. The molecule has 0 N–H and O–H groups in total. The van der Waals surface area contributed by atoms with Crippen molar-refractivity contribution in [3.05, 3.63) is 35.4 Å². The van der Waals surface area contributed by atoms with Crippen LogP contribution in [0.3, 0.4) is 0 Å². The second-order valence-electron chi connectivity index (χ2n) is 4.27. The Hall–Kier alpha value is -1.31. The highest BCUT2D eigenvalue weighted by atomic mass is 32.2. The minimum Gasteiger partial charge on any atom is -0.212 e. The molecule has 90 valence electrons. The predicted molar refractivity (Wildman–Crippen MR) is 67.9 cm³/mol. The van der Waals surface area contributed by atoms with E-state index < -0.39 is 10.0 Å². The molecule has 0 spiro atoms. The first-order chi connectivity index (χ1) is 8.04. The summed E-state index contributed by atoms with van der Waals surface area (Å²) >= 11 is 0. The van der Waals surface area contributed by atoms with Crippen LogP contribution in [0.15, 0.2) is 24.3 Å². The molecule has 0 saturated carbocycles. The molecule has 0 aromatic heterocycles. The van der Waals surface area contributed by atoms with Crippen LogP contribution in [-0.4, -0.2) is 25.5 Å². The molecule has 0 heterocycles. The maximum absolute atomic E-state index is 11.7. The van der Waals surface area contributed by atoms with Crippen LogP contribution >= 0.6 is 0 Å². The molecular weight excluding hydrogens is 234 g/mol. The summed E-state index contributed by atoms with van der Waals surface area (Å²) in [7, 11) is -3.26. The van der Waals surface area contributed by atoms with Gasteiger partial charge >= 0.3 is 0 Å². The van der Waals surface area contributed by atoms with E-state index in [9.17, 15) is 8.42 Å². The van der Waals surface area contributed by atoms with Gasteiger partial charge in [-0.25, -0.2) is 8.42 Å². The summed E-state index contributed by atoms with van der Waals surface area (Å²) in [5.74, 6) is 2.43. The number of rotatable bonds is 3. The fraction of sp³-hybridized carbons (Fsp3) is 0.385. The first-order valence-electron chi connectivity index (χ1n) is 5.52. The number of sulfonamides is 1. The lowest BCUT2D eigenvalue weighted by molar-refractivity contribution is 0.355. The summed E-state index contributed by atoms with van der Waals surface area (Å²) in [5.41, 5.74) is 2.32. The quantitative estimate of drug-likeness (QED) is 0.763. The zero-order valence-corrected chi connectivity index (χ0v) is 10.6. The molecule has 3 nitrogen and oxygen atoms in total. The molecular formula is C13H15NO2S. The molecule has 1 aromatic rings. The fourth-order valence-corrected chi connectivity index (χ4v) is 3.37. The minimum atomic E-state index is -3.26. The van der Waals surface area contributed by atoms with Crippen LogP contribution in [0, 0.1) is 12.3 Å². The lowest BCUT2D eigenvalue weighted by Crippen LogP contribution is -2.33. The number of benzene rings is 1. The second-order valence-corrected chi connectivity index (χ2v) is 6.20. The first-order valence-corrected chi connectivity index (χ1v) is 7.37. The van der Waals surface area contributed by atoms with Crippen molar-refractivity contribution in [1.82, 2.24) is 4.31 Å². The van der Waals surface area contributed by atoms with Crippen LogP contribution in [0.25, 0.3) is 0 Å². The second kappa shape index (κ2) is 4.52. The van der Waals surface area contributed by atoms with E-state index in [1.165, 1.54) is 16.1 Å². The highest BCUT2D eigenvalue weighted by Crippen LogP contribution is 2.36. The molecule has 2 rings (SSSR count). The average Bonchev–Trinajstić information content (AvgIpc) is 2.68. The van der Waals surface area contributed by atoms with E-state index in [0.717, 1.165) is 18.4 Å². The van der Waals surface area contributed by atoms with Crippen molar-refractivity contribution in [2.75, 3.05) is 12.8 Å². The van der Waals surface area contributed by atoms with Gasteiger partial charge in [0.25, 0.3) is 0 Å². The number of aryl methyl sites for hydroxylation is 1. The molecule has 4 heteroatoms. The van der Waals surface area contributed by atoms with Gasteiger partial charge in [-0.05, 0) is 24.0 Å². The summed E-state index contributed by atoms with van der Waals surface area (Å²) in [6.07, 6.45) is 8.20. The van der Waals surface area contributed by atoms with Crippen molar-refractivity contribution in [2.45, 2.75) is 18.9 Å². The van der Waals surface area contributed by atoms with Crippen LogP contribution in [0.5, 0.6) is 0 Å². The molecule has 0 amide bonds. The molecule has 0 bridgehead atoms. The molecule has 0 saturated heterocycles. The maximum atomic E-state index is 11.7.